The maximum absolute atomic E-state index is 5.48. The number of nitrogens with zero attached hydrogens (tertiary/aromatic N) is 4. The van der Waals surface area contributed by atoms with Gasteiger partial charge in [0.15, 0.2) is 5.96 Å². The van der Waals surface area contributed by atoms with Crippen LogP contribution in [0.2, 0.25) is 0 Å². The summed E-state index contributed by atoms with van der Waals surface area (Å²) in [7, 11) is 0. The lowest BCUT2D eigenvalue weighted by Crippen LogP contribution is -2.52. The van der Waals surface area contributed by atoms with Crippen LogP contribution in [0, 0.1) is 0 Å². The minimum absolute atomic E-state index is 0. The number of morpholine rings is 1. The fourth-order valence-corrected chi connectivity index (χ4v) is 3.67. The van der Waals surface area contributed by atoms with E-state index in [9.17, 15) is 0 Å². The first kappa shape index (κ1) is 25.6. The average molecular weight is 540 g/mol. The number of benzene rings is 1. The molecule has 0 atom stereocenters. The van der Waals surface area contributed by atoms with E-state index in [0.29, 0.717) is 0 Å². The first-order chi connectivity index (χ1) is 14.6. The van der Waals surface area contributed by atoms with Crippen molar-refractivity contribution in [1.82, 2.24) is 25.1 Å². The molecule has 7 nitrogen and oxygen atoms in total. The van der Waals surface area contributed by atoms with Crippen molar-refractivity contribution in [2.45, 2.75) is 39.3 Å². The molecule has 0 radical (unpaired) electrons. The molecule has 1 aliphatic heterocycles. The van der Waals surface area contributed by atoms with Gasteiger partial charge >= 0.3 is 0 Å². The number of halogens is 1. The lowest BCUT2D eigenvalue weighted by molar-refractivity contribution is -0.00683. The first-order valence-electron chi connectivity index (χ1n) is 11.0. The van der Waals surface area contributed by atoms with Crippen LogP contribution in [-0.4, -0.2) is 71.9 Å². The molecule has 31 heavy (non-hydrogen) atoms. The second kappa shape index (κ2) is 13.0. The van der Waals surface area contributed by atoms with Gasteiger partial charge in [0.2, 0.25) is 0 Å². The van der Waals surface area contributed by atoms with Crippen molar-refractivity contribution in [2.75, 3.05) is 45.9 Å². The monoisotopic (exact) mass is 540 g/mol. The third-order valence-electron chi connectivity index (χ3n) is 5.47. The third kappa shape index (κ3) is 8.08. The van der Waals surface area contributed by atoms with Crippen LogP contribution < -0.4 is 10.6 Å². The Hall–Kier alpha value is -1.65. The van der Waals surface area contributed by atoms with Gasteiger partial charge in [-0.25, -0.2) is 4.98 Å². The predicted octanol–water partition coefficient (Wildman–Crippen LogP) is 2.76. The van der Waals surface area contributed by atoms with E-state index in [-0.39, 0.29) is 29.5 Å². The van der Waals surface area contributed by atoms with Crippen molar-refractivity contribution in [3.63, 3.8) is 0 Å². The molecule has 0 saturated carbocycles. The number of nitrogens with one attached hydrogen (secondary N) is 2. The molecule has 1 aromatic carbocycles. The standard InChI is InChI=1S/C23H36N6O.HI/c1-4-24-22(27-19-23(2,3)29-14-16-30-17-15-29)26-11-10-21-25-12-13-28(21)18-20-8-6-5-7-9-20;/h5-9,12-13H,4,10-11,14-19H2,1-3H3,(H2,24,26,27);1H. The zero-order chi connectivity index (χ0) is 21.2. The van der Waals surface area contributed by atoms with E-state index in [0.717, 1.165) is 70.7 Å². The van der Waals surface area contributed by atoms with Crippen LogP contribution in [-0.2, 0) is 17.7 Å². The van der Waals surface area contributed by atoms with E-state index in [4.69, 9.17) is 9.73 Å². The Morgan fingerprint density at radius 3 is 2.61 bits per heavy atom. The number of imidazole rings is 1. The second-order valence-corrected chi connectivity index (χ2v) is 8.24. The Bertz CT molecular complexity index is 786. The molecular weight excluding hydrogens is 503 g/mol. The molecular formula is C23H37IN6O. The highest BCUT2D eigenvalue weighted by Crippen LogP contribution is 2.16. The fourth-order valence-electron chi connectivity index (χ4n) is 3.67. The van der Waals surface area contributed by atoms with Crippen LogP contribution in [0.1, 0.15) is 32.2 Å². The van der Waals surface area contributed by atoms with Crippen molar-refractivity contribution in [1.29, 1.82) is 0 Å². The Morgan fingerprint density at radius 2 is 1.90 bits per heavy atom. The zero-order valence-corrected chi connectivity index (χ0v) is 21.3. The summed E-state index contributed by atoms with van der Waals surface area (Å²) in [5.74, 6) is 1.94. The highest BCUT2D eigenvalue weighted by Gasteiger charge is 2.28. The van der Waals surface area contributed by atoms with Crippen LogP contribution in [0.5, 0.6) is 0 Å². The number of guanidine groups is 1. The molecule has 1 aromatic heterocycles. The number of hydrogen-bond acceptors (Lipinski definition) is 4. The summed E-state index contributed by atoms with van der Waals surface area (Å²) >= 11 is 0. The summed E-state index contributed by atoms with van der Waals surface area (Å²) in [5, 5.41) is 6.83. The summed E-state index contributed by atoms with van der Waals surface area (Å²) in [6.45, 7) is 13.4. The van der Waals surface area contributed by atoms with Gasteiger partial charge in [0.1, 0.15) is 5.82 Å². The topological polar surface area (TPSA) is 66.7 Å². The quantitative estimate of drug-likeness (QED) is 0.291. The van der Waals surface area contributed by atoms with E-state index in [2.05, 4.69) is 70.1 Å². The summed E-state index contributed by atoms with van der Waals surface area (Å²) in [6, 6.07) is 10.5. The van der Waals surface area contributed by atoms with Crippen molar-refractivity contribution in [3.05, 3.63) is 54.1 Å². The number of aliphatic imine (C=N–C) groups is 1. The van der Waals surface area contributed by atoms with Gasteiger partial charge in [0.05, 0.1) is 19.8 Å². The van der Waals surface area contributed by atoms with Gasteiger partial charge < -0.3 is 19.9 Å². The van der Waals surface area contributed by atoms with Crippen molar-refractivity contribution >= 4 is 29.9 Å². The Morgan fingerprint density at radius 1 is 1.16 bits per heavy atom. The zero-order valence-electron chi connectivity index (χ0n) is 19.0. The molecule has 0 amide bonds. The SMILES string of the molecule is CCNC(=NCC(C)(C)N1CCOCC1)NCCc1nccn1Cc1ccccc1.I. The van der Waals surface area contributed by atoms with Gasteiger partial charge in [-0.3, -0.25) is 9.89 Å². The minimum Gasteiger partial charge on any atom is -0.379 e. The lowest BCUT2D eigenvalue weighted by Gasteiger charge is -2.39. The van der Waals surface area contributed by atoms with Crippen LogP contribution in [0.4, 0.5) is 0 Å². The lowest BCUT2D eigenvalue weighted by atomic mass is 10.0. The fraction of sp³-hybridized carbons (Fsp3) is 0.565. The molecule has 172 valence electrons. The number of ether oxygens (including phenoxy) is 1. The van der Waals surface area contributed by atoms with Gasteiger partial charge in [-0.15, -0.1) is 24.0 Å². The summed E-state index contributed by atoms with van der Waals surface area (Å²) in [4.78, 5) is 11.9. The molecule has 2 heterocycles. The van der Waals surface area contributed by atoms with E-state index >= 15 is 0 Å². The molecule has 2 N–H and O–H groups in total. The van der Waals surface area contributed by atoms with Gasteiger partial charge in [-0.1, -0.05) is 30.3 Å². The summed E-state index contributed by atoms with van der Waals surface area (Å²) in [5.41, 5.74) is 1.29. The highest BCUT2D eigenvalue weighted by atomic mass is 127. The molecule has 1 saturated heterocycles. The minimum atomic E-state index is 0. The largest absolute Gasteiger partial charge is 0.379 e. The Labute approximate surface area is 203 Å². The molecule has 0 spiro atoms. The second-order valence-electron chi connectivity index (χ2n) is 8.24. The van der Waals surface area contributed by atoms with E-state index in [1.54, 1.807) is 0 Å². The van der Waals surface area contributed by atoms with Gasteiger partial charge in [0.25, 0.3) is 0 Å². The molecule has 0 bridgehead atoms. The number of aromatic nitrogens is 2. The molecule has 0 unspecified atom stereocenters. The predicted molar refractivity (Wildman–Crippen MR) is 137 cm³/mol. The van der Waals surface area contributed by atoms with Crippen molar-refractivity contribution < 1.29 is 4.74 Å². The first-order valence-corrected chi connectivity index (χ1v) is 11.0. The molecule has 1 aliphatic rings. The Balaban J connectivity index is 0.00000341. The van der Waals surface area contributed by atoms with E-state index in [1.165, 1.54) is 5.56 Å². The van der Waals surface area contributed by atoms with Crippen LogP contribution in [0.3, 0.4) is 0 Å². The maximum Gasteiger partial charge on any atom is 0.191 e. The average Bonchev–Trinajstić information content (AvgIpc) is 3.20. The van der Waals surface area contributed by atoms with Gasteiger partial charge in [-0.2, -0.15) is 0 Å². The number of rotatable bonds is 9. The van der Waals surface area contributed by atoms with E-state index in [1.807, 2.05) is 18.5 Å². The van der Waals surface area contributed by atoms with Crippen molar-refractivity contribution in [2.24, 2.45) is 4.99 Å². The summed E-state index contributed by atoms with van der Waals surface area (Å²) in [6.07, 6.45) is 4.77. The normalized spacial score (nSPS) is 15.4. The molecule has 1 fully saturated rings. The number of hydrogen-bond donors (Lipinski definition) is 2. The van der Waals surface area contributed by atoms with Crippen molar-refractivity contribution in [3.8, 4) is 0 Å². The molecule has 3 rings (SSSR count). The molecule has 2 aromatic rings. The van der Waals surface area contributed by atoms with Crippen LogP contribution in [0.15, 0.2) is 47.7 Å². The van der Waals surface area contributed by atoms with Crippen LogP contribution in [0.25, 0.3) is 0 Å². The van der Waals surface area contributed by atoms with Gasteiger partial charge in [0, 0.05) is 57.1 Å². The molecule has 0 aliphatic carbocycles. The van der Waals surface area contributed by atoms with Crippen LogP contribution >= 0.6 is 24.0 Å². The third-order valence-corrected chi connectivity index (χ3v) is 5.47. The van der Waals surface area contributed by atoms with Gasteiger partial charge in [-0.05, 0) is 26.3 Å². The highest BCUT2D eigenvalue weighted by molar-refractivity contribution is 14.0. The molecule has 8 heteroatoms. The summed E-state index contributed by atoms with van der Waals surface area (Å²) < 4.78 is 7.70. The smallest absolute Gasteiger partial charge is 0.191 e. The van der Waals surface area contributed by atoms with E-state index < -0.39 is 0 Å². The Kier molecular flexibility index (Phi) is 10.8. The maximum atomic E-state index is 5.48.